The molecule has 5 heteroatoms. The summed E-state index contributed by atoms with van der Waals surface area (Å²) in [4.78, 5) is 13.4. The summed E-state index contributed by atoms with van der Waals surface area (Å²) in [5, 5.41) is 7.39. The van der Waals surface area contributed by atoms with Crippen LogP contribution in [0.3, 0.4) is 0 Å². The van der Waals surface area contributed by atoms with Crippen molar-refractivity contribution in [3.63, 3.8) is 0 Å². The van der Waals surface area contributed by atoms with Crippen LogP contribution in [-0.2, 0) is 4.79 Å². The van der Waals surface area contributed by atoms with Gasteiger partial charge in [0.15, 0.2) is 0 Å². The van der Waals surface area contributed by atoms with E-state index in [-0.39, 0.29) is 11.7 Å². The first kappa shape index (κ1) is 12.7. The number of rotatable bonds is 2. The fourth-order valence-corrected chi connectivity index (χ4v) is 2.64. The van der Waals surface area contributed by atoms with Crippen molar-refractivity contribution in [1.82, 2.24) is 0 Å². The average Bonchev–Trinajstić information content (AvgIpc) is 3.02. The third-order valence-corrected chi connectivity index (χ3v) is 3.76. The Kier molecular flexibility index (Phi) is 3.20. The zero-order valence-electron chi connectivity index (χ0n) is 10.7. The maximum Gasteiger partial charge on any atom is 0.280 e. The molecule has 3 rings (SSSR count). The first-order valence-corrected chi connectivity index (χ1v) is 6.94. The van der Waals surface area contributed by atoms with Crippen LogP contribution >= 0.6 is 11.3 Å². The lowest BCUT2D eigenvalue weighted by atomic mass is 10.1. The van der Waals surface area contributed by atoms with Gasteiger partial charge in [-0.05, 0) is 42.6 Å². The number of halogens is 1. The minimum atomic E-state index is -0.390. The number of carbonyl (C=O) groups excluding carboxylic acids is 1. The Bertz CT molecular complexity index is 719. The number of carbonyl (C=O) groups is 1. The highest BCUT2D eigenvalue weighted by Gasteiger charge is 2.28. The van der Waals surface area contributed by atoms with E-state index in [1.807, 2.05) is 23.6 Å². The monoisotopic (exact) mass is 286 g/mol. The molecule has 0 saturated carbocycles. The van der Waals surface area contributed by atoms with Crippen molar-refractivity contribution in [3.8, 4) is 0 Å². The fraction of sp³-hybridized carbons (Fsp3) is 0.0667. The standard InChI is InChI=1S/C15H11FN2OS/c1-10-14(9-13-6-3-7-20-13)15(19)18(17-10)12-5-2-4-11(16)8-12/h2-9H,1H3. The van der Waals surface area contributed by atoms with Crippen LogP contribution in [0.4, 0.5) is 10.1 Å². The second-order valence-corrected chi connectivity index (χ2v) is 5.33. The number of anilines is 1. The molecule has 1 aliphatic heterocycles. The summed E-state index contributed by atoms with van der Waals surface area (Å²) in [6.45, 7) is 1.77. The summed E-state index contributed by atoms with van der Waals surface area (Å²) < 4.78 is 13.2. The van der Waals surface area contributed by atoms with E-state index in [1.165, 1.54) is 17.1 Å². The maximum atomic E-state index is 13.2. The first-order valence-electron chi connectivity index (χ1n) is 6.06. The molecule has 3 nitrogen and oxygen atoms in total. The third kappa shape index (κ3) is 2.28. The van der Waals surface area contributed by atoms with E-state index >= 15 is 0 Å². The highest BCUT2D eigenvalue weighted by molar-refractivity contribution is 7.10. The van der Waals surface area contributed by atoms with Gasteiger partial charge in [0.25, 0.3) is 5.91 Å². The van der Waals surface area contributed by atoms with Gasteiger partial charge in [0.05, 0.1) is 17.0 Å². The zero-order valence-corrected chi connectivity index (χ0v) is 11.5. The molecular weight excluding hydrogens is 275 g/mol. The van der Waals surface area contributed by atoms with Gasteiger partial charge in [0.2, 0.25) is 0 Å². The smallest absolute Gasteiger partial charge is 0.267 e. The van der Waals surface area contributed by atoms with Crippen molar-refractivity contribution in [2.75, 3.05) is 5.01 Å². The predicted octanol–water partition coefficient (Wildman–Crippen LogP) is 3.69. The van der Waals surface area contributed by atoms with E-state index in [2.05, 4.69) is 5.10 Å². The van der Waals surface area contributed by atoms with Crippen molar-refractivity contribution < 1.29 is 9.18 Å². The minimum absolute atomic E-state index is 0.235. The molecule has 1 aliphatic rings. The van der Waals surface area contributed by atoms with Crippen molar-refractivity contribution in [2.24, 2.45) is 5.10 Å². The second-order valence-electron chi connectivity index (χ2n) is 4.36. The summed E-state index contributed by atoms with van der Waals surface area (Å²) in [5.41, 5.74) is 1.60. The lowest BCUT2D eigenvalue weighted by molar-refractivity contribution is -0.114. The van der Waals surface area contributed by atoms with Crippen molar-refractivity contribution in [3.05, 3.63) is 58.0 Å². The largest absolute Gasteiger partial charge is 0.280 e. The van der Waals surface area contributed by atoms with Gasteiger partial charge < -0.3 is 0 Å². The number of amides is 1. The predicted molar refractivity (Wildman–Crippen MR) is 79.3 cm³/mol. The van der Waals surface area contributed by atoms with E-state index in [0.29, 0.717) is 17.0 Å². The Labute approximate surface area is 119 Å². The molecule has 2 aromatic rings. The van der Waals surface area contributed by atoms with Crippen molar-refractivity contribution in [1.29, 1.82) is 0 Å². The Balaban J connectivity index is 1.97. The molecule has 0 aliphatic carbocycles. The molecule has 0 bridgehead atoms. The van der Waals surface area contributed by atoms with Gasteiger partial charge in [0, 0.05) is 4.88 Å². The molecule has 1 amide bonds. The van der Waals surface area contributed by atoms with E-state index in [9.17, 15) is 9.18 Å². The van der Waals surface area contributed by atoms with E-state index in [4.69, 9.17) is 0 Å². The van der Waals surface area contributed by atoms with Crippen LogP contribution in [-0.4, -0.2) is 11.6 Å². The normalized spacial score (nSPS) is 16.9. The van der Waals surface area contributed by atoms with Gasteiger partial charge >= 0.3 is 0 Å². The number of hydrogen-bond donors (Lipinski definition) is 0. The van der Waals surface area contributed by atoms with Crippen LogP contribution in [0.1, 0.15) is 11.8 Å². The summed E-state index contributed by atoms with van der Waals surface area (Å²) in [6.07, 6.45) is 1.81. The van der Waals surface area contributed by atoms with Gasteiger partial charge in [-0.2, -0.15) is 10.1 Å². The fourth-order valence-electron chi connectivity index (χ4n) is 1.98. The molecule has 100 valence electrons. The van der Waals surface area contributed by atoms with Crippen LogP contribution in [0.2, 0.25) is 0 Å². The molecule has 2 heterocycles. The molecule has 0 unspecified atom stereocenters. The zero-order chi connectivity index (χ0) is 14.1. The molecule has 0 saturated heterocycles. The van der Waals surface area contributed by atoms with Crippen LogP contribution in [0.5, 0.6) is 0 Å². The van der Waals surface area contributed by atoms with Crippen LogP contribution in [0.15, 0.2) is 52.5 Å². The molecule has 0 fully saturated rings. The lowest BCUT2D eigenvalue weighted by Gasteiger charge is -2.11. The molecule has 0 spiro atoms. The van der Waals surface area contributed by atoms with Gasteiger partial charge in [-0.3, -0.25) is 4.79 Å². The highest BCUT2D eigenvalue weighted by Crippen LogP contribution is 2.26. The van der Waals surface area contributed by atoms with Crippen LogP contribution < -0.4 is 5.01 Å². The van der Waals surface area contributed by atoms with E-state index in [0.717, 1.165) is 4.88 Å². The molecule has 0 atom stereocenters. The number of thiophene rings is 1. The number of hydrogen-bond acceptors (Lipinski definition) is 3. The Morgan fingerprint density at radius 3 is 2.85 bits per heavy atom. The molecule has 20 heavy (non-hydrogen) atoms. The topological polar surface area (TPSA) is 32.7 Å². The average molecular weight is 286 g/mol. The molecule has 0 radical (unpaired) electrons. The SMILES string of the molecule is CC1=NN(c2cccc(F)c2)C(=O)C1=Cc1cccs1. The van der Waals surface area contributed by atoms with Gasteiger partial charge in [-0.25, -0.2) is 4.39 Å². The van der Waals surface area contributed by atoms with E-state index < -0.39 is 0 Å². The summed E-state index contributed by atoms with van der Waals surface area (Å²) in [6, 6.07) is 9.71. The molecular formula is C15H11FN2OS. The van der Waals surface area contributed by atoms with Crippen molar-refractivity contribution in [2.45, 2.75) is 6.92 Å². The first-order chi connectivity index (χ1) is 9.65. The maximum absolute atomic E-state index is 13.2. The van der Waals surface area contributed by atoms with Crippen LogP contribution in [0.25, 0.3) is 6.08 Å². The highest BCUT2D eigenvalue weighted by atomic mass is 32.1. The summed E-state index contributed by atoms with van der Waals surface area (Å²) in [5.74, 6) is -0.625. The minimum Gasteiger partial charge on any atom is -0.267 e. The van der Waals surface area contributed by atoms with Gasteiger partial charge in [-0.15, -0.1) is 11.3 Å². The van der Waals surface area contributed by atoms with E-state index in [1.54, 1.807) is 30.4 Å². The number of nitrogens with zero attached hydrogens (tertiary/aromatic N) is 2. The Morgan fingerprint density at radius 1 is 1.30 bits per heavy atom. The Hall–Kier alpha value is -2.27. The lowest BCUT2D eigenvalue weighted by Crippen LogP contribution is -2.21. The van der Waals surface area contributed by atoms with Gasteiger partial charge in [-0.1, -0.05) is 12.1 Å². The molecule has 1 aromatic heterocycles. The third-order valence-electron chi connectivity index (χ3n) is 2.95. The molecule has 1 aromatic carbocycles. The molecule has 0 N–H and O–H groups in total. The van der Waals surface area contributed by atoms with Crippen LogP contribution in [0, 0.1) is 5.82 Å². The van der Waals surface area contributed by atoms with Crippen molar-refractivity contribution >= 4 is 34.7 Å². The second kappa shape index (κ2) is 5.02. The number of hydrazone groups is 1. The summed E-state index contributed by atoms with van der Waals surface area (Å²) in [7, 11) is 0. The quantitative estimate of drug-likeness (QED) is 0.775. The summed E-state index contributed by atoms with van der Waals surface area (Å²) >= 11 is 1.55. The van der Waals surface area contributed by atoms with Gasteiger partial charge in [0.1, 0.15) is 5.82 Å². The Morgan fingerprint density at radius 2 is 2.15 bits per heavy atom. The number of benzene rings is 1.